The summed E-state index contributed by atoms with van der Waals surface area (Å²) in [7, 11) is 0. The van der Waals surface area contributed by atoms with Crippen molar-refractivity contribution < 1.29 is 9.53 Å². The fourth-order valence-electron chi connectivity index (χ4n) is 3.07. The minimum absolute atomic E-state index is 0.0566. The van der Waals surface area contributed by atoms with Crippen LogP contribution in [0.4, 0.5) is 10.6 Å². The SMILES string of the molecule is Cc1cc2c(nc1SCc1ccccc1)N(C(=O)OC(C)(C)C)C(C)C2. The number of nitrogens with zero attached hydrogens (tertiary/aromatic N) is 2. The molecular formula is C21H26N2O2S. The van der Waals surface area contributed by atoms with Gasteiger partial charge in [0.05, 0.1) is 0 Å². The Hall–Kier alpha value is -2.01. The monoisotopic (exact) mass is 370 g/mol. The predicted octanol–water partition coefficient (Wildman–Crippen LogP) is 5.37. The van der Waals surface area contributed by atoms with Crippen molar-refractivity contribution in [2.75, 3.05) is 4.90 Å². The lowest BCUT2D eigenvalue weighted by Crippen LogP contribution is -2.40. The van der Waals surface area contributed by atoms with Gasteiger partial charge in [-0.15, -0.1) is 11.8 Å². The molecule has 0 bridgehead atoms. The molecule has 138 valence electrons. The fraction of sp³-hybridized carbons (Fsp3) is 0.429. The molecule has 2 aromatic rings. The molecule has 0 radical (unpaired) electrons. The Balaban J connectivity index is 1.84. The van der Waals surface area contributed by atoms with E-state index in [0.29, 0.717) is 0 Å². The summed E-state index contributed by atoms with van der Waals surface area (Å²) in [6.07, 6.45) is 0.491. The van der Waals surface area contributed by atoms with Crippen LogP contribution in [-0.2, 0) is 16.9 Å². The number of fused-ring (bicyclic) bond motifs is 1. The van der Waals surface area contributed by atoms with Crippen LogP contribution in [0.1, 0.15) is 44.4 Å². The van der Waals surface area contributed by atoms with Crippen LogP contribution in [-0.4, -0.2) is 22.7 Å². The number of ether oxygens (including phenoxy) is 1. The highest BCUT2D eigenvalue weighted by Crippen LogP contribution is 2.36. The van der Waals surface area contributed by atoms with Crippen molar-refractivity contribution in [1.82, 2.24) is 4.98 Å². The van der Waals surface area contributed by atoms with Crippen LogP contribution < -0.4 is 4.90 Å². The van der Waals surface area contributed by atoms with Crippen LogP contribution in [0.15, 0.2) is 41.4 Å². The number of hydrogen-bond acceptors (Lipinski definition) is 4. The molecule has 0 fully saturated rings. The van der Waals surface area contributed by atoms with Crippen LogP contribution in [0.5, 0.6) is 0 Å². The maximum atomic E-state index is 12.7. The van der Waals surface area contributed by atoms with Gasteiger partial charge in [-0.1, -0.05) is 30.3 Å². The van der Waals surface area contributed by atoms with Crippen LogP contribution in [0.25, 0.3) is 0 Å². The third kappa shape index (κ3) is 4.21. The molecule has 26 heavy (non-hydrogen) atoms. The van der Waals surface area contributed by atoms with Gasteiger partial charge in [0.1, 0.15) is 16.4 Å². The van der Waals surface area contributed by atoms with Gasteiger partial charge < -0.3 is 4.74 Å². The highest BCUT2D eigenvalue weighted by molar-refractivity contribution is 7.98. The Morgan fingerprint density at radius 2 is 2.00 bits per heavy atom. The third-order valence-corrected chi connectivity index (χ3v) is 5.38. The molecule has 2 heterocycles. The second-order valence-electron chi connectivity index (χ2n) is 7.77. The number of hydrogen-bond donors (Lipinski definition) is 0. The van der Waals surface area contributed by atoms with E-state index in [9.17, 15) is 4.79 Å². The van der Waals surface area contributed by atoms with Crippen LogP contribution in [0, 0.1) is 6.92 Å². The molecule has 1 amide bonds. The maximum Gasteiger partial charge on any atom is 0.416 e. The van der Waals surface area contributed by atoms with Crippen molar-refractivity contribution in [3.8, 4) is 0 Å². The minimum atomic E-state index is -0.519. The number of carbonyl (C=O) groups is 1. The van der Waals surface area contributed by atoms with Gasteiger partial charge in [-0.2, -0.15) is 0 Å². The van der Waals surface area contributed by atoms with E-state index in [2.05, 4.69) is 25.1 Å². The number of pyridine rings is 1. The smallest absolute Gasteiger partial charge is 0.416 e. The number of aryl methyl sites for hydroxylation is 1. The molecule has 4 nitrogen and oxygen atoms in total. The van der Waals surface area contributed by atoms with Crippen molar-refractivity contribution >= 4 is 23.7 Å². The average molecular weight is 371 g/mol. The van der Waals surface area contributed by atoms with Crippen molar-refractivity contribution in [3.05, 3.63) is 53.1 Å². The standard InChI is InChI=1S/C21H26N2O2S/c1-14-11-17-12-15(2)23(20(24)25-21(3,4)5)18(17)22-19(14)26-13-16-9-7-6-8-10-16/h6-11,15H,12-13H2,1-5H3. The van der Waals surface area contributed by atoms with E-state index in [4.69, 9.17) is 9.72 Å². The zero-order valence-electron chi connectivity index (χ0n) is 16.1. The molecule has 1 atom stereocenters. The average Bonchev–Trinajstić information content (AvgIpc) is 2.86. The Kier molecular flexibility index (Phi) is 5.28. The van der Waals surface area contributed by atoms with Crippen molar-refractivity contribution in [2.45, 2.75) is 63.5 Å². The minimum Gasteiger partial charge on any atom is -0.443 e. The maximum absolute atomic E-state index is 12.7. The molecular weight excluding hydrogens is 344 g/mol. The first-order valence-corrected chi connectivity index (χ1v) is 9.92. The highest BCUT2D eigenvalue weighted by atomic mass is 32.2. The molecule has 0 saturated heterocycles. The second-order valence-corrected chi connectivity index (χ2v) is 8.73. The second kappa shape index (κ2) is 7.31. The number of aromatic nitrogens is 1. The third-order valence-electron chi connectivity index (χ3n) is 4.22. The largest absolute Gasteiger partial charge is 0.443 e. The molecule has 0 N–H and O–H groups in total. The van der Waals surface area contributed by atoms with Gasteiger partial charge in [0, 0.05) is 11.8 Å². The highest BCUT2D eigenvalue weighted by Gasteiger charge is 2.35. The zero-order valence-corrected chi connectivity index (χ0v) is 16.9. The number of amides is 1. The van der Waals surface area contributed by atoms with Crippen molar-refractivity contribution in [1.29, 1.82) is 0 Å². The molecule has 0 aliphatic carbocycles. The topological polar surface area (TPSA) is 42.4 Å². The summed E-state index contributed by atoms with van der Waals surface area (Å²) in [5.41, 5.74) is 3.01. The number of rotatable bonds is 3. The van der Waals surface area contributed by atoms with Crippen LogP contribution in [0.2, 0.25) is 0 Å². The lowest BCUT2D eigenvalue weighted by atomic mass is 10.1. The van der Waals surface area contributed by atoms with Crippen molar-refractivity contribution in [2.24, 2.45) is 0 Å². The van der Waals surface area contributed by atoms with Gasteiger partial charge in [0.25, 0.3) is 0 Å². The Labute approximate surface area is 160 Å². The van der Waals surface area contributed by atoms with Crippen LogP contribution in [0.3, 0.4) is 0 Å². The summed E-state index contributed by atoms with van der Waals surface area (Å²) in [6, 6.07) is 12.6. The van der Waals surface area contributed by atoms with E-state index in [1.807, 2.05) is 45.9 Å². The first kappa shape index (κ1) is 18.8. The summed E-state index contributed by atoms with van der Waals surface area (Å²) in [4.78, 5) is 19.2. The van der Waals surface area contributed by atoms with Gasteiger partial charge in [-0.25, -0.2) is 9.78 Å². The van der Waals surface area contributed by atoms with Gasteiger partial charge in [0.2, 0.25) is 0 Å². The number of benzene rings is 1. The summed E-state index contributed by atoms with van der Waals surface area (Å²) in [5, 5.41) is 0.968. The quantitative estimate of drug-likeness (QED) is 0.681. The Bertz CT molecular complexity index is 800. The summed E-state index contributed by atoms with van der Waals surface area (Å²) in [5.74, 6) is 1.60. The molecule has 1 aromatic heterocycles. The number of anilines is 1. The van der Waals surface area contributed by atoms with E-state index in [1.165, 1.54) is 5.56 Å². The molecule has 0 spiro atoms. The van der Waals surface area contributed by atoms with Crippen molar-refractivity contribution in [3.63, 3.8) is 0 Å². The van der Waals surface area contributed by atoms with Gasteiger partial charge >= 0.3 is 6.09 Å². The molecule has 1 unspecified atom stereocenters. The lowest BCUT2D eigenvalue weighted by Gasteiger charge is -2.27. The molecule has 1 aliphatic rings. The van der Waals surface area contributed by atoms with Crippen LogP contribution >= 0.6 is 11.8 Å². The number of carbonyl (C=O) groups excluding carboxylic acids is 1. The van der Waals surface area contributed by atoms with Gasteiger partial charge in [0.15, 0.2) is 0 Å². The molecule has 3 rings (SSSR count). The van der Waals surface area contributed by atoms with E-state index in [-0.39, 0.29) is 12.1 Å². The van der Waals surface area contributed by atoms with E-state index in [0.717, 1.165) is 34.1 Å². The van der Waals surface area contributed by atoms with Gasteiger partial charge in [-0.05, 0) is 63.8 Å². The van der Waals surface area contributed by atoms with E-state index < -0.39 is 5.60 Å². The summed E-state index contributed by atoms with van der Waals surface area (Å²) in [6.45, 7) is 9.78. The first-order chi connectivity index (χ1) is 12.2. The normalized spacial score (nSPS) is 16.5. The number of thioether (sulfide) groups is 1. The van der Waals surface area contributed by atoms with E-state index >= 15 is 0 Å². The molecule has 0 saturated carbocycles. The zero-order chi connectivity index (χ0) is 18.9. The lowest BCUT2D eigenvalue weighted by molar-refractivity contribution is 0.0571. The van der Waals surface area contributed by atoms with E-state index in [1.54, 1.807) is 16.7 Å². The molecule has 1 aromatic carbocycles. The summed E-state index contributed by atoms with van der Waals surface area (Å²) >= 11 is 1.70. The Morgan fingerprint density at radius 3 is 2.65 bits per heavy atom. The fourth-order valence-corrected chi connectivity index (χ4v) is 4.00. The molecule has 5 heteroatoms. The van der Waals surface area contributed by atoms with Gasteiger partial charge in [-0.3, -0.25) is 4.90 Å². The molecule has 1 aliphatic heterocycles. The predicted molar refractivity (Wildman–Crippen MR) is 107 cm³/mol. The first-order valence-electron chi connectivity index (χ1n) is 8.94. The Morgan fingerprint density at radius 1 is 1.31 bits per heavy atom. The summed E-state index contributed by atoms with van der Waals surface area (Å²) < 4.78 is 5.59.